The molecule has 0 amide bonds. The smallest absolute Gasteiger partial charge is 0.307 e. The summed E-state index contributed by atoms with van der Waals surface area (Å²) >= 11 is 0. The van der Waals surface area contributed by atoms with Gasteiger partial charge in [0, 0.05) is 29.0 Å². The zero-order chi connectivity index (χ0) is 23.5. The maximum atomic E-state index is 4.86. The first-order valence-electron chi connectivity index (χ1n) is 11.7. The van der Waals surface area contributed by atoms with E-state index in [9.17, 15) is 0 Å². The maximum Gasteiger partial charge on any atom is 0.307 e. The zero-order valence-electron chi connectivity index (χ0n) is 20.7. The number of anilines is 3. The molecule has 2 aliphatic rings. The van der Waals surface area contributed by atoms with Gasteiger partial charge < -0.3 is 4.92 Å². The molecule has 0 aliphatic carbocycles. The summed E-state index contributed by atoms with van der Waals surface area (Å²) in [6.07, 6.45) is 3.58. The summed E-state index contributed by atoms with van der Waals surface area (Å²) in [5.41, 5.74) is 3.36. The van der Waals surface area contributed by atoms with Gasteiger partial charge in [0.15, 0.2) is 11.6 Å². The van der Waals surface area contributed by atoms with Crippen molar-refractivity contribution in [2.45, 2.75) is 54.0 Å². The van der Waals surface area contributed by atoms with Crippen LogP contribution in [0.15, 0.2) is 67.0 Å². The molecule has 33 heavy (non-hydrogen) atoms. The van der Waals surface area contributed by atoms with E-state index in [0.29, 0.717) is 0 Å². The SMILES string of the molecule is CB1C(C(C)(C)C)=c2ccccc2=C(C)N1N1c2nccnc2N(c2ccccc2)C1(C)C. The van der Waals surface area contributed by atoms with Gasteiger partial charge in [-0.25, -0.2) is 9.97 Å². The van der Waals surface area contributed by atoms with Crippen LogP contribution < -0.4 is 20.3 Å². The van der Waals surface area contributed by atoms with Crippen LogP contribution >= 0.6 is 0 Å². The molecule has 3 heterocycles. The predicted molar refractivity (Wildman–Crippen MR) is 138 cm³/mol. The average molecular weight is 437 g/mol. The molecule has 1 aromatic heterocycles. The Labute approximate surface area is 197 Å². The number of fused-ring (bicyclic) bond motifs is 2. The van der Waals surface area contributed by atoms with Gasteiger partial charge in [0.1, 0.15) is 5.66 Å². The first kappa shape index (κ1) is 21.6. The Hall–Kier alpha value is -3.28. The molecule has 0 unspecified atom stereocenters. The molecule has 5 rings (SSSR count). The van der Waals surface area contributed by atoms with Crippen molar-refractivity contribution in [2.24, 2.45) is 5.41 Å². The first-order valence-corrected chi connectivity index (χ1v) is 11.7. The lowest BCUT2D eigenvalue weighted by molar-refractivity contribution is 0.372. The van der Waals surface area contributed by atoms with Crippen LogP contribution in [0.1, 0.15) is 41.5 Å². The molecule has 2 aromatic carbocycles. The van der Waals surface area contributed by atoms with Crippen LogP contribution in [0, 0.1) is 5.41 Å². The minimum Gasteiger partial charge on any atom is -0.325 e. The Morgan fingerprint density at radius 2 is 1.39 bits per heavy atom. The van der Waals surface area contributed by atoms with Crippen molar-refractivity contribution in [1.29, 1.82) is 0 Å². The van der Waals surface area contributed by atoms with Gasteiger partial charge in [0.2, 0.25) is 0 Å². The fraction of sp³-hybridized carbons (Fsp3) is 0.333. The summed E-state index contributed by atoms with van der Waals surface area (Å²) < 4.78 is 0. The van der Waals surface area contributed by atoms with E-state index in [2.05, 4.69) is 112 Å². The molecule has 0 saturated heterocycles. The molecule has 0 fully saturated rings. The standard InChI is InChI=1S/C27H32BN5/c1-19-21-15-11-12-16-22(21)23(26(2,3)4)28(7)33(19)32-25-24(29-17-18-30-25)31(27(32,5)6)20-13-9-8-10-14-20/h8-18H,1-7H3. The molecular weight excluding hydrogens is 405 g/mol. The Balaban J connectivity index is 1.77. The second-order valence-electron chi connectivity index (χ2n) is 10.5. The normalized spacial score (nSPS) is 17.4. The van der Waals surface area contributed by atoms with E-state index in [1.165, 1.54) is 21.6 Å². The lowest BCUT2D eigenvalue weighted by Crippen LogP contribution is -2.65. The Bertz CT molecular complexity index is 1330. The van der Waals surface area contributed by atoms with Crippen molar-refractivity contribution < 1.29 is 0 Å². The second kappa shape index (κ2) is 7.37. The third kappa shape index (κ3) is 3.15. The number of hydrazine groups is 1. The summed E-state index contributed by atoms with van der Waals surface area (Å²) in [5.74, 6) is 1.76. The summed E-state index contributed by atoms with van der Waals surface area (Å²) in [6.45, 7) is 16.1. The quantitative estimate of drug-likeness (QED) is 0.549. The molecule has 0 N–H and O–H groups in total. The van der Waals surface area contributed by atoms with E-state index in [1.807, 2.05) is 6.07 Å². The van der Waals surface area contributed by atoms with Crippen LogP contribution in [0.25, 0.3) is 11.2 Å². The van der Waals surface area contributed by atoms with Gasteiger partial charge in [-0.05, 0) is 43.5 Å². The third-order valence-corrected chi connectivity index (χ3v) is 6.91. The Morgan fingerprint density at radius 1 is 0.818 bits per heavy atom. The molecule has 168 valence electrons. The van der Waals surface area contributed by atoms with E-state index in [0.717, 1.165) is 17.3 Å². The molecular formula is C27H32BN5. The minimum absolute atomic E-state index is 0.0165. The molecule has 6 heteroatoms. The van der Waals surface area contributed by atoms with E-state index in [-0.39, 0.29) is 12.3 Å². The summed E-state index contributed by atoms with van der Waals surface area (Å²) in [7, 11) is 0. The van der Waals surface area contributed by atoms with Crippen molar-refractivity contribution in [1.82, 2.24) is 14.9 Å². The van der Waals surface area contributed by atoms with Gasteiger partial charge in [0.05, 0.1) is 0 Å². The van der Waals surface area contributed by atoms with Crippen molar-refractivity contribution in [3.05, 3.63) is 77.4 Å². The average Bonchev–Trinajstić information content (AvgIpc) is 3.00. The van der Waals surface area contributed by atoms with Crippen LogP contribution in [0.4, 0.5) is 17.3 Å². The van der Waals surface area contributed by atoms with Gasteiger partial charge in [-0.2, -0.15) is 0 Å². The van der Waals surface area contributed by atoms with Crippen molar-refractivity contribution >= 4 is 35.3 Å². The van der Waals surface area contributed by atoms with E-state index >= 15 is 0 Å². The highest BCUT2D eigenvalue weighted by atomic mass is 15.7. The molecule has 3 aromatic rings. The van der Waals surface area contributed by atoms with Crippen LogP contribution in [-0.4, -0.2) is 27.4 Å². The summed E-state index contributed by atoms with van der Waals surface area (Å²) in [6, 6.07) is 19.3. The molecule has 0 saturated carbocycles. The van der Waals surface area contributed by atoms with Crippen molar-refractivity contribution in [2.75, 3.05) is 9.91 Å². The molecule has 2 aliphatic heterocycles. The highest BCUT2D eigenvalue weighted by Crippen LogP contribution is 2.49. The van der Waals surface area contributed by atoms with E-state index in [1.54, 1.807) is 12.4 Å². The Kier molecular flexibility index (Phi) is 4.82. The predicted octanol–water partition coefficient (Wildman–Crippen LogP) is 4.59. The number of para-hydroxylation sites is 1. The lowest BCUT2D eigenvalue weighted by atomic mass is 9.48. The van der Waals surface area contributed by atoms with Gasteiger partial charge in [-0.15, -0.1) is 0 Å². The number of hydrogen-bond acceptors (Lipinski definition) is 5. The van der Waals surface area contributed by atoms with Gasteiger partial charge in [-0.3, -0.25) is 9.91 Å². The molecule has 5 nitrogen and oxygen atoms in total. The number of hydrogen-bond donors (Lipinski definition) is 0. The van der Waals surface area contributed by atoms with Crippen molar-refractivity contribution in [3.8, 4) is 0 Å². The van der Waals surface area contributed by atoms with Crippen LogP contribution in [0.3, 0.4) is 0 Å². The summed E-state index contributed by atoms with van der Waals surface area (Å²) in [4.78, 5) is 14.4. The van der Waals surface area contributed by atoms with Gasteiger partial charge in [-0.1, -0.05) is 75.5 Å². The maximum absolute atomic E-state index is 4.86. The fourth-order valence-electron chi connectivity index (χ4n) is 5.77. The second-order valence-corrected chi connectivity index (χ2v) is 10.5. The molecule has 0 radical (unpaired) electrons. The first-order chi connectivity index (χ1) is 15.6. The van der Waals surface area contributed by atoms with Crippen LogP contribution in [0.2, 0.25) is 6.82 Å². The lowest BCUT2D eigenvalue weighted by Gasteiger charge is -2.50. The Morgan fingerprint density at radius 3 is 2.03 bits per heavy atom. The topological polar surface area (TPSA) is 35.5 Å². The van der Waals surface area contributed by atoms with Crippen LogP contribution in [-0.2, 0) is 0 Å². The molecule has 0 spiro atoms. The number of aromatic nitrogens is 2. The molecule has 0 bridgehead atoms. The van der Waals surface area contributed by atoms with Crippen LogP contribution in [0.5, 0.6) is 0 Å². The van der Waals surface area contributed by atoms with E-state index in [4.69, 9.17) is 9.97 Å². The fourth-order valence-corrected chi connectivity index (χ4v) is 5.77. The highest BCUT2D eigenvalue weighted by molar-refractivity contribution is 6.75. The number of rotatable bonds is 2. The van der Waals surface area contributed by atoms with E-state index < -0.39 is 5.66 Å². The van der Waals surface area contributed by atoms with Gasteiger partial charge in [0.25, 0.3) is 0 Å². The third-order valence-electron chi connectivity index (χ3n) is 6.91. The highest BCUT2D eigenvalue weighted by Gasteiger charge is 2.51. The monoisotopic (exact) mass is 437 g/mol. The zero-order valence-corrected chi connectivity index (χ0v) is 20.7. The van der Waals surface area contributed by atoms with Crippen molar-refractivity contribution in [3.63, 3.8) is 0 Å². The number of benzene rings is 2. The summed E-state index contributed by atoms with van der Waals surface area (Å²) in [5, 5.41) is 4.98. The number of nitrogens with zero attached hydrogens (tertiary/aromatic N) is 5. The van der Waals surface area contributed by atoms with Gasteiger partial charge >= 0.3 is 6.85 Å². The molecule has 0 atom stereocenters. The minimum atomic E-state index is -0.421. The largest absolute Gasteiger partial charge is 0.325 e.